The van der Waals surface area contributed by atoms with Crippen LogP contribution in [0.25, 0.3) is 0 Å². The number of aryl methyl sites for hydroxylation is 1. The lowest BCUT2D eigenvalue weighted by atomic mass is 10.1. The third-order valence-corrected chi connectivity index (χ3v) is 5.60. The fourth-order valence-corrected chi connectivity index (χ4v) is 4.17. The number of fused-ring (bicyclic) bond motifs is 1. The monoisotopic (exact) mass is 380 g/mol. The number of hydrogen-bond acceptors (Lipinski definition) is 2. The molecule has 0 fully saturated rings. The number of carbonyl (C=O) groups is 1. The molecule has 3 nitrogen and oxygen atoms in total. The lowest BCUT2D eigenvalue weighted by Crippen LogP contribution is -2.35. The Morgan fingerprint density at radius 1 is 1.23 bits per heavy atom. The second kappa shape index (κ2) is 7.03. The van der Waals surface area contributed by atoms with Crippen LogP contribution in [0.1, 0.15) is 37.1 Å². The van der Waals surface area contributed by atoms with E-state index >= 15 is 0 Å². The molecule has 1 aliphatic heterocycles. The van der Waals surface area contributed by atoms with Gasteiger partial charge in [0.2, 0.25) is 0 Å². The molecule has 26 heavy (non-hydrogen) atoms. The molecule has 1 N–H and O–H groups in total. The first-order chi connectivity index (χ1) is 12.6. The molecule has 0 unspecified atom stereocenters. The summed E-state index contributed by atoms with van der Waals surface area (Å²) in [4.78, 5) is 19.7. The average molecular weight is 381 g/mol. The van der Waals surface area contributed by atoms with Crippen LogP contribution in [-0.4, -0.2) is 22.3 Å². The maximum absolute atomic E-state index is 12.8. The topological polar surface area (TPSA) is 36.1 Å². The van der Waals surface area contributed by atoms with E-state index in [0.29, 0.717) is 11.6 Å². The lowest BCUT2D eigenvalue weighted by Gasteiger charge is -2.26. The van der Waals surface area contributed by atoms with Crippen LogP contribution in [0.2, 0.25) is 5.02 Å². The minimum Gasteiger partial charge on any atom is -0.362 e. The van der Waals surface area contributed by atoms with Gasteiger partial charge in [0.05, 0.1) is 9.75 Å². The highest BCUT2D eigenvalue weighted by molar-refractivity contribution is 7.14. The second-order valence-corrected chi connectivity index (χ2v) is 7.88. The fraction of sp³-hybridized carbons (Fsp3) is 0.190. The third kappa shape index (κ3) is 3.55. The second-order valence-electron chi connectivity index (χ2n) is 6.36. The molecule has 0 radical (unpaired) electrons. The Labute approximate surface area is 161 Å². The Morgan fingerprint density at radius 2 is 2.12 bits per heavy atom. The summed E-state index contributed by atoms with van der Waals surface area (Å²) in [7, 11) is 0. The molecule has 3 aromatic rings. The van der Waals surface area contributed by atoms with E-state index < -0.39 is 0 Å². The summed E-state index contributed by atoms with van der Waals surface area (Å²) in [6.07, 6.45) is 0.877. The number of halogens is 1. The Bertz CT molecular complexity index is 1040. The van der Waals surface area contributed by atoms with Crippen LogP contribution < -0.4 is 0 Å². The number of H-pyrrole nitrogens is 1. The van der Waals surface area contributed by atoms with Gasteiger partial charge in [-0.2, -0.15) is 0 Å². The predicted molar refractivity (Wildman–Crippen MR) is 106 cm³/mol. The van der Waals surface area contributed by atoms with Crippen molar-refractivity contribution >= 4 is 28.8 Å². The first-order valence-corrected chi connectivity index (χ1v) is 9.62. The summed E-state index contributed by atoms with van der Waals surface area (Å²) < 4.78 is 0. The molecule has 130 valence electrons. The van der Waals surface area contributed by atoms with Gasteiger partial charge in [0.1, 0.15) is 0 Å². The molecule has 2 aromatic heterocycles. The normalized spacial score (nSPS) is 13.1. The number of thiophene rings is 1. The number of rotatable bonds is 1. The highest BCUT2D eigenvalue weighted by Gasteiger charge is 2.23. The number of carbonyl (C=O) groups excluding carboxylic acids is 1. The number of nitrogens with one attached hydrogen (secondary N) is 1. The fourth-order valence-electron chi connectivity index (χ4n) is 3.15. The summed E-state index contributed by atoms with van der Waals surface area (Å²) >= 11 is 7.42. The van der Waals surface area contributed by atoms with Gasteiger partial charge in [-0.3, -0.25) is 4.79 Å². The zero-order valence-electron chi connectivity index (χ0n) is 14.3. The summed E-state index contributed by atoms with van der Waals surface area (Å²) in [6, 6.07) is 13.4. The van der Waals surface area contributed by atoms with E-state index in [1.54, 1.807) is 0 Å². The minimum absolute atomic E-state index is 0.0790. The van der Waals surface area contributed by atoms with Crippen LogP contribution in [0.4, 0.5) is 0 Å². The molecular weight excluding hydrogens is 364 g/mol. The van der Waals surface area contributed by atoms with Crippen LogP contribution >= 0.6 is 22.9 Å². The minimum atomic E-state index is 0.0790. The van der Waals surface area contributed by atoms with Gasteiger partial charge in [-0.05, 0) is 48.9 Å². The van der Waals surface area contributed by atoms with Crippen molar-refractivity contribution in [2.24, 2.45) is 0 Å². The molecule has 1 aliphatic rings. The SMILES string of the molecule is Cc1cc2c([nH]1)CCN(C(=O)c1ccc(C#Cc3cccc(Cl)c3)s1)C2. The maximum Gasteiger partial charge on any atom is 0.264 e. The van der Waals surface area contributed by atoms with E-state index in [0.717, 1.165) is 34.0 Å². The molecule has 5 heteroatoms. The number of benzene rings is 1. The summed E-state index contributed by atoms with van der Waals surface area (Å²) in [5.74, 6) is 6.29. The lowest BCUT2D eigenvalue weighted by molar-refractivity contribution is 0.0739. The molecule has 0 saturated carbocycles. The predicted octanol–water partition coefficient (Wildman–Crippen LogP) is 4.64. The van der Waals surface area contributed by atoms with Gasteiger partial charge in [0, 0.05) is 41.5 Å². The Kier molecular flexibility index (Phi) is 4.58. The van der Waals surface area contributed by atoms with Crippen LogP contribution in [0.15, 0.2) is 42.5 Å². The van der Waals surface area contributed by atoms with Crippen molar-refractivity contribution in [3.63, 3.8) is 0 Å². The zero-order chi connectivity index (χ0) is 18.1. The molecule has 1 aromatic carbocycles. The Hall–Kier alpha value is -2.48. The van der Waals surface area contributed by atoms with Crippen molar-refractivity contribution in [2.75, 3.05) is 6.54 Å². The van der Waals surface area contributed by atoms with Crippen molar-refractivity contribution in [1.82, 2.24) is 9.88 Å². The van der Waals surface area contributed by atoms with Gasteiger partial charge in [0.15, 0.2) is 0 Å². The van der Waals surface area contributed by atoms with E-state index in [2.05, 4.69) is 29.8 Å². The van der Waals surface area contributed by atoms with Crippen molar-refractivity contribution in [3.8, 4) is 11.8 Å². The molecule has 0 saturated heterocycles. The first-order valence-electron chi connectivity index (χ1n) is 8.42. The first kappa shape index (κ1) is 17.0. The highest BCUT2D eigenvalue weighted by atomic mass is 35.5. The molecule has 0 spiro atoms. The summed E-state index contributed by atoms with van der Waals surface area (Å²) in [5.41, 5.74) is 4.49. The van der Waals surface area contributed by atoms with Gasteiger partial charge < -0.3 is 9.88 Å². The number of aromatic nitrogens is 1. The quantitative estimate of drug-likeness (QED) is 0.613. The van der Waals surface area contributed by atoms with E-state index in [1.165, 1.54) is 22.6 Å². The largest absolute Gasteiger partial charge is 0.362 e. The smallest absolute Gasteiger partial charge is 0.264 e. The molecule has 1 amide bonds. The summed E-state index contributed by atoms with van der Waals surface area (Å²) in [5, 5.41) is 0.670. The van der Waals surface area contributed by atoms with Crippen molar-refractivity contribution in [3.05, 3.63) is 79.8 Å². The standard InChI is InChI=1S/C21H17ClN2OS/c1-14-11-16-13-24(10-9-19(16)23-14)21(25)20-8-7-18(26-20)6-5-15-3-2-4-17(22)12-15/h2-4,7-8,11-12,23H,9-10,13H2,1H3. The number of amides is 1. The van der Waals surface area contributed by atoms with Gasteiger partial charge in [-0.1, -0.05) is 29.5 Å². The van der Waals surface area contributed by atoms with E-state index in [4.69, 9.17) is 11.6 Å². The average Bonchev–Trinajstić information content (AvgIpc) is 3.24. The van der Waals surface area contributed by atoms with Gasteiger partial charge in [-0.25, -0.2) is 0 Å². The Morgan fingerprint density at radius 3 is 2.96 bits per heavy atom. The molecule has 4 rings (SSSR count). The number of nitrogens with zero attached hydrogens (tertiary/aromatic N) is 1. The van der Waals surface area contributed by atoms with Crippen LogP contribution in [-0.2, 0) is 13.0 Å². The van der Waals surface area contributed by atoms with E-state index in [-0.39, 0.29) is 5.91 Å². The van der Waals surface area contributed by atoms with Gasteiger partial charge in [-0.15, -0.1) is 11.3 Å². The summed E-state index contributed by atoms with van der Waals surface area (Å²) in [6.45, 7) is 3.46. The van der Waals surface area contributed by atoms with Crippen LogP contribution in [0.5, 0.6) is 0 Å². The van der Waals surface area contributed by atoms with Gasteiger partial charge in [0.25, 0.3) is 5.91 Å². The molecule has 0 atom stereocenters. The third-order valence-electron chi connectivity index (χ3n) is 4.38. The molecular formula is C21H17ClN2OS. The van der Waals surface area contributed by atoms with Crippen molar-refractivity contribution in [2.45, 2.75) is 19.9 Å². The zero-order valence-corrected chi connectivity index (χ0v) is 15.9. The molecule has 0 bridgehead atoms. The molecule has 3 heterocycles. The number of hydrogen-bond donors (Lipinski definition) is 1. The molecule has 0 aliphatic carbocycles. The Balaban J connectivity index is 1.49. The van der Waals surface area contributed by atoms with Crippen LogP contribution in [0.3, 0.4) is 0 Å². The van der Waals surface area contributed by atoms with Crippen molar-refractivity contribution in [1.29, 1.82) is 0 Å². The van der Waals surface area contributed by atoms with Crippen LogP contribution in [0, 0.1) is 18.8 Å². The maximum atomic E-state index is 12.8. The van der Waals surface area contributed by atoms with Gasteiger partial charge >= 0.3 is 0 Å². The van der Waals surface area contributed by atoms with E-state index in [1.807, 2.05) is 41.3 Å². The van der Waals surface area contributed by atoms with E-state index in [9.17, 15) is 4.79 Å². The van der Waals surface area contributed by atoms with Crippen molar-refractivity contribution < 1.29 is 4.79 Å². The number of aromatic amines is 1. The highest BCUT2D eigenvalue weighted by Crippen LogP contribution is 2.24.